The molecule has 0 bridgehead atoms. The summed E-state index contributed by atoms with van der Waals surface area (Å²) in [6, 6.07) is -0.300. The average molecular weight is 290 g/mol. The van der Waals surface area contributed by atoms with Crippen molar-refractivity contribution in [2.75, 3.05) is 14.1 Å². The van der Waals surface area contributed by atoms with Crippen molar-refractivity contribution < 1.29 is 9.50 Å². The zero-order valence-corrected chi connectivity index (χ0v) is 11.7. The van der Waals surface area contributed by atoms with Crippen molar-refractivity contribution in [1.29, 1.82) is 0 Å². The summed E-state index contributed by atoms with van der Waals surface area (Å²) in [7, 11) is 3.71. The SMILES string of the molecule is CN(C)/C=N\c1ncnc2c1ncn2[C@H]1C=C(F)[C@H](O)C1. The molecule has 0 saturated carbocycles. The van der Waals surface area contributed by atoms with Crippen molar-refractivity contribution >= 4 is 23.3 Å². The molecule has 0 unspecified atom stereocenters. The van der Waals surface area contributed by atoms with Gasteiger partial charge in [-0.15, -0.1) is 0 Å². The molecule has 0 radical (unpaired) electrons. The Kier molecular flexibility index (Phi) is 3.38. The monoisotopic (exact) mass is 290 g/mol. The molecule has 2 atom stereocenters. The van der Waals surface area contributed by atoms with E-state index in [1.54, 1.807) is 22.1 Å². The molecule has 21 heavy (non-hydrogen) atoms. The van der Waals surface area contributed by atoms with Gasteiger partial charge in [0, 0.05) is 20.5 Å². The largest absolute Gasteiger partial charge is 0.386 e. The molecular weight excluding hydrogens is 275 g/mol. The van der Waals surface area contributed by atoms with Gasteiger partial charge in [0.05, 0.1) is 18.7 Å². The molecule has 2 heterocycles. The van der Waals surface area contributed by atoms with E-state index in [2.05, 4.69) is 19.9 Å². The Morgan fingerprint density at radius 3 is 2.90 bits per heavy atom. The number of fused-ring (bicyclic) bond motifs is 1. The van der Waals surface area contributed by atoms with E-state index in [1.165, 1.54) is 12.4 Å². The lowest BCUT2D eigenvalue weighted by molar-refractivity contribution is 0.177. The van der Waals surface area contributed by atoms with Crippen molar-refractivity contribution in [1.82, 2.24) is 24.4 Å². The number of aliphatic hydroxyl groups excluding tert-OH is 1. The second-order valence-corrected chi connectivity index (χ2v) is 5.10. The van der Waals surface area contributed by atoms with Crippen molar-refractivity contribution in [3.05, 3.63) is 24.6 Å². The maximum Gasteiger partial charge on any atom is 0.184 e. The Morgan fingerprint density at radius 2 is 2.24 bits per heavy atom. The first-order chi connectivity index (χ1) is 10.1. The lowest BCUT2D eigenvalue weighted by Crippen LogP contribution is -2.08. The van der Waals surface area contributed by atoms with Gasteiger partial charge >= 0.3 is 0 Å². The number of nitrogens with zero attached hydrogens (tertiary/aromatic N) is 6. The van der Waals surface area contributed by atoms with E-state index in [-0.39, 0.29) is 12.5 Å². The number of aliphatic hydroxyl groups is 1. The normalized spacial score (nSPS) is 22.2. The Balaban J connectivity index is 2.02. The third-order valence-corrected chi connectivity index (χ3v) is 3.24. The predicted molar refractivity (Wildman–Crippen MR) is 76.0 cm³/mol. The van der Waals surface area contributed by atoms with Crippen molar-refractivity contribution in [2.45, 2.75) is 18.6 Å². The first-order valence-corrected chi connectivity index (χ1v) is 6.49. The lowest BCUT2D eigenvalue weighted by Gasteiger charge is -2.10. The first-order valence-electron chi connectivity index (χ1n) is 6.49. The Morgan fingerprint density at radius 1 is 1.43 bits per heavy atom. The van der Waals surface area contributed by atoms with E-state index in [0.717, 1.165) is 0 Å². The number of rotatable bonds is 3. The second kappa shape index (κ2) is 5.21. The highest BCUT2D eigenvalue weighted by atomic mass is 19.1. The number of halogens is 1. The van der Waals surface area contributed by atoms with Crippen LogP contribution in [0.1, 0.15) is 12.5 Å². The van der Waals surface area contributed by atoms with Crippen molar-refractivity contribution in [3.8, 4) is 0 Å². The molecule has 0 amide bonds. The van der Waals surface area contributed by atoms with Crippen molar-refractivity contribution in [3.63, 3.8) is 0 Å². The molecule has 2 aromatic rings. The zero-order valence-electron chi connectivity index (χ0n) is 11.7. The standard InChI is InChI=1S/C13H15FN6O/c1-19(2)6-18-12-11-13(16-5-15-12)20(7-17-11)8-3-9(14)10(21)4-8/h3,5-8,10,21H,4H2,1-2H3/b18-6-/t8-,10+/m0/s1. The van der Waals surface area contributed by atoms with Crippen LogP contribution >= 0.6 is 0 Å². The van der Waals surface area contributed by atoms with Crippen LogP contribution in [-0.2, 0) is 0 Å². The van der Waals surface area contributed by atoms with E-state index >= 15 is 0 Å². The summed E-state index contributed by atoms with van der Waals surface area (Å²) in [5.74, 6) is -0.0581. The summed E-state index contributed by atoms with van der Waals surface area (Å²) < 4.78 is 15.1. The summed E-state index contributed by atoms with van der Waals surface area (Å²) >= 11 is 0. The van der Waals surface area contributed by atoms with Gasteiger partial charge in [0.1, 0.15) is 18.3 Å². The molecule has 1 N–H and O–H groups in total. The fourth-order valence-corrected chi connectivity index (χ4v) is 2.25. The molecule has 0 spiro atoms. The Bertz CT molecular complexity index is 723. The molecule has 0 saturated heterocycles. The van der Waals surface area contributed by atoms with Gasteiger partial charge in [-0.1, -0.05) is 0 Å². The number of aromatic nitrogens is 4. The van der Waals surface area contributed by atoms with Gasteiger partial charge in [-0.2, -0.15) is 0 Å². The van der Waals surface area contributed by atoms with Gasteiger partial charge < -0.3 is 14.6 Å². The molecule has 3 rings (SSSR count). The minimum Gasteiger partial charge on any atom is -0.386 e. The van der Waals surface area contributed by atoms with Gasteiger partial charge in [-0.3, -0.25) is 0 Å². The van der Waals surface area contributed by atoms with Crippen molar-refractivity contribution in [2.24, 2.45) is 4.99 Å². The Hall–Kier alpha value is -2.35. The van der Waals surface area contributed by atoms with Crippen LogP contribution in [-0.4, -0.2) is 56.1 Å². The van der Waals surface area contributed by atoms with Crippen LogP contribution in [0.15, 0.2) is 29.5 Å². The molecule has 0 fully saturated rings. The summed E-state index contributed by atoms with van der Waals surface area (Å²) in [6.07, 6.45) is 5.20. The molecule has 2 aromatic heterocycles. The minimum atomic E-state index is -1.06. The molecule has 0 aliphatic heterocycles. The fraction of sp³-hybridized carbons (Fsp3) is 0.385. The van der Waals surface area contributed by atoms with E-state index in [9.17, 15) is 9.50 Å². The molecular formula is C13H15FN6O. The van der Waals surface area contributed by atoms with Crippen LogP contribution in [0.4, 0.5) is 10.2 Å². The third-order valence-electron chi connectivity index (χ3n) is 3.24. The highest BCUT2D eigenvalue weighted by Crippen LogP contribution is 2.32. The van der Waals surface area contributed by atoms with Crippen LogP contribution < -0.4 is 0 Å². The molecule has 7 nitrogen and oxygen atoms in total. The van der Waals surface area contributed by atoms with Crippen LogP contribution in [0.2, 0.25) is 0 Å². The van der Waals surface area contributed by atoms with Crippen LogP contribution in [0, 0.1) is 0 Å². The van der Waals surface area contributed by atoms with E-state index in [1.807, 2.05) is 14.1 Å². The third kappa shape index (κ3) is 2.49. The highest BCUT2D eigenvalue weighted by molar-refractivity contribution is 5.83. The van der Waals surface area contributed by atoms with Crippen LogP contribution in [0.5, 0.6) is 0 Å². The summed E-state index contributed by atoms with van der Waals surface area (Å²) in [4.78, 5) is 18.6. The van der Waals surface area contributed by atoms with Gasteiger partial charge in [-0.05, 0) is 6.08 Å². The average Bonchev–Trinajstić information content (AvgIpc) is 3.01. The van der Waals surface area contributed by atoms with Crippen LogP contribution in [0.25, 0.3) is 11.2 Å². The summed E-state index contributed by atoms with van der Waals surface area (Å²) in [5, 5.41) is 9.50. The fourth-order valence-electron chi connectivity index (χ4n) is 2.25. The topological polar surface area (TPSA) is 79.4 Å². The second-order valence-electron chi connectivity index (χ2n) is 5.10. The first kappa shape index (κ1) is 13.6. The zero-order chi connectivity index (χ0) is 15.0. The Labute approximate surface area is 120 Å². The number of allylic oxidation sites excluding steroid dienone is 1. The lowest BCUT2D eigenvalue weighted by atomic mass is 10.2. The van der Waals surface area contributed by atoms with Gasteiger partial charge in [0.25, 0.3) is 0 Å². The van der Waals surface area contributed by atoms with Gasteiger partial charge in [0.15, 0.2) is 17.0 Å². The summed E-state index contributed by atoms with van der Waals surface area (Å²) in [5.41, 5.74) is 1.12. The quantitative estimate of drug-likeness (QED) is 0.679. The predicted octanol–water partition coefficient (Wildman–Crippen LogP) is 1.21. The van der Waals surface area contributed by atoms with Crippen LogP contribution in [0.3, 0.4) is 0 Å². The number of hydrogen-bond acceptors (Lipinski definition) is 5. The molecule has 1 aliphatic rings. The highest BCUT2D eigenvalue weighted by Gasteiger charge is 2.27. The van der Waals surface area contributed by atoms with Gasteiger partial charge in [-0.25, -0.2) is 24.3 Å². The molecule has 8 heteroatoms. The van der Waals surface area contributed by atoms with E-state index in [4.69, 9.17) is 0 Å². The minimum absolute atomic E-state index is 0.275. The van der Waals surface area contributed by atoms with E-state index < -0.39 is 11.9 Å². The molecule has 1 aliphatic carbocycles. The number of aliphatic imine (C=N–C) groups is 1. The number of imidazole rings is 1. The molecule has 110 valence electrons. The maximum atomic E-state index is 13.4. The van der Waals surface area contributed by atoms with E-state index in [0.29, 0.717) is 17.0 Å². The van der Waals surface area contributed by atoms with Gasteiger partial charge in [0.2, 0.25) is 0 Å². The molecule has 0 aromatic carbocycles. The summed E-state index contributed by atoms with van der Waals surface area (Å²) in [6.45, 7) is 0. The smallest absolute Gasteiger partial charge is 0.184 e. The maximum absolute atomic E-state index is 13.4. The number of hydrogen-bond donors (Lipinski definition) is 1.